The number of aromatic nitrogens is 2. The van der Waals surface area contributed by atoms with Crippen molar-refractivity contribution in [3.63, 3.8) is 0 Å². The van der Waals surface area contributed by atoms with E-state index in [9.17, 15) is 14.9 Å². The number of rotatable bonds is 6. The Morgan fingerprint density at radius 3 is 2.52 bits per heavy atom. The molecule has 1 saturated heterocycles. The molecule has 0 unspecified atom stereocenters. The van der Waals surface area contributed by atoms with Crippen LogP contribution in [0.2, 0.25) is 0 Å². The summed E-state index contributed by atoms with van der Waals surface area (Å²) in [6, 6.07) is 15.8. The highest BCUT2D eigenvalue weighted by Gasteiger charge is 2.29. The van der Waals surface area contributed by atoms with Gasteiger partial charge in [-0.25, -0.2) is 9.97 Å². The van der Waals surface area contributed by atoms with Gasteiger partial charge in [-0.2, -0.15) is 0 Å². The summed E-state index contributed by atoms with van der Waals surface area (Å²) in [5.74, 6) is 0.848. The molecule has 0 saturated carbocycles. The minimum Gasteiger partial charge on any atom is -0.497 e. The van der Waals surface area contributed by atoms with Gasteiger partial charge in [0.1, 0.15) is 11.3 Å². The highest BCUT2D eigenvalue weighted by Crippen LogP contribution is 2.30. The van der Waals surface area contributed by atoms with Crippen LogP contribution in [0, 0.1) is 10.1 Å². The van der Waals surface area contributed by atoms with Gasteiger partial charge in [0.2, 0.25) is 5.95 Å². The normalized spacial score (nSPS) is 14.2. The van der Waals surface area contributed by atoms with Crippen molar-refractivity contribution in [1.29, 1.82) is 0 Å². The van der Waals surface area contributed by atoms with E-state index in [1.165, 1.54) is 12.1 Å². The van der Waals surface area contributed by atoms with E-state index in [1.807, 2.05) is 30.3 Å². The predicted octanol–water partition coefficient (Wildman–Crippen LogP) is 3.59. The van der Waals surface area contributed by atoms with Crippen molar-refractivity contribution in [3.05, 3.63) is 87.2 Å². The van der Waals surface area contributed by atoms with Crippen LogP contribution in [0.1, 0.15) is 46.1 Å². The molecule has 2 N–H and O–H groups in total. The summed E-state index contributed by atoms with van der Waals surface area (Å²) < 4.78 is 5.20. The van der Waals surface area contributed by atoms with Gasteiger partial charge in [-0.15, -0.1) is 0 Å². The van der Waals surface area contributed by atoms with E-state index in [4.69, 9.17) is 10.5 Å². The second kappa shape index (κ2) is 9.64. The number of nitrogens with zero attached hydrogens (tertiary/aromatic N) is 4. The minimum atomic E-state index is -0.520. The number of piperidine rings is 1. The van der Waals surface area contributed by atoms with Gasteiger partial charge >= 0.3 is 0 Å². The number of ether oxygens (including phenoxy) is 1. The number of nitro groups is 1. The molecule has 0 aliphatic carbocycles. The number of nitrogens with two attached hydrogens (primary N) is 1. The zero-order valence-corrected chi connectivity index (χ0v) is 18.3. The standard InChI is InChI=1S/C24H25N5O4/c1-33-19-8-6-16(7-9-19)14-18-15-21(27-24(25)26-18)17-10-12-28(13-11-17)23(30)20-4-2-3-5-22(20)29(31)32/h2-9,15,17H,10-14H2,1H3,(H2,25,26,27). The van der Waals surface area contributed by atoms with Crippen LogP contribution >= 0.6 is 0 Å². The van der Waals surface area contributed by atoms with Gasteiger partial charge < -0.3 is 15.4 Å². The summed E-state index contributed by atoms with van der Waals surface area (Å²) in [6.07, 6.45) is 2.02. The number of hydrogen-bond donors (Lipinski definition) is 1. The number of carbonyl (C=O) groups excluding carboxylic acids is 1. The summed E-state index contributed by atoms with van der Waals surface area (Å²) in [7, 11) is 1.63. The Balaban J connectivity index is 1.44. The van der Waals surface area contributed by atoms with Crippen LogP contribution in [0.4, 0.5) is 11.6 Å². The molecular formula is C24H25N5O4. The molecule has 0 radical (unpaired) electrons. The van der Waals surface area contributed by atoms with E-state index in [0.29, 0.717) is 32.4 Å². The van der Waals surface area contributed by atoms with Gasteiger partial charge in [0.05, 0.1) is 17.7 Å². The Hall–Kier alpha value is -4.01. The Kier molecular flexibility index (Phi) is 6.48. The quantitative estimate of drug-likeness (QED) is 0.452. The molecule has 1 amide bonds. The third-order valence-electron chi connectivity index (χ3n) is 5.89. The maximum absolute atomic E-state index is 12.9. The number of hydrogen-bond acceptors (Lipinski definition) is 7. The monoisotopic (exact) mass is 447 g/mol. The van der Waals surface area contributed by atoms with E-state index in [-0.39, 0.29) is 29.0 Å². The van der Waals surface area contributed by atoms with Crippen molar-refractivity contribution < 1.29 is 14.5 Å². The fourth-order valence-electron chi connectivity index (χ4n) is 4.15. The maximum atomic E-state index is 12.9. The third-order valence-corrected chi connectivity index (χ3v) is 5.89. The smallest absolute Gasteiger partial charge is 0.282 e. The molecule has 1 aliphatic rings. The lowest BCUT2D eigenvalue weighted by Crippen LogP contribution is -2.38. The zero-order chi connectivity index (χ0) is 23.4. The van der Waals surface area contributed by atoms with E-state index < -0.39 is 4.92 Å². The van der Waals surface area contributed by atoms with Crippen LogP contribution in [-0.4, -0.2) is 45.9 Å². The SMILES string of the molecule is COc1ccc(Cc2cc(C3CCN(C(=O)c4ccccc4[N+](=O)[O-])CC3)nc(N)n2)cc1. The molecular weight excluding hydrogens is 422 g/mol. The van der Waals surface area contributed by atoms with Crippen LogP contribution < -0.4 is 10.5 Å². The molecule has 0 spiro atoms. The summed E-state index contributed by atoms with van der Waals surface area (Å²) in [5.41, 5.74) is 8.73. The molecule has 3 aromatic rings. The molecule has 1 aromatic heterocycles. The molecule has 0 atom stereocenters. The molecule has 4 rings (SSSR count). The van der Waals surface area contributed by atoms with Gasteiger partial charge in [0.25, 0.3) is 11.6 Å². The molecule has 2 aromatic carbocycles. The molecule has 9 heteroatoms. The number of nitro benzene ring substituents is 1. The Bertz CT molecular complexity index is 1160. The Morgan fingerprint density at radius 2 is 1.85 bits per heavy atom. The van der Waals surface area contributed by atoms with Gasteiger partial charge in [-0.05, 0) is 42.7 Å². The second-order valence-electron chi connectivity index (χ2n) is 8.01. The fraction of sp³-hybridized carbons (Fsp3) is 0.292. The van der Waals surface area contributed by atoms with Crippen LogP contribution in [0.5, 0.6) is 5.75 Å². The van der Waals surface area contributed by atoms with Crippen LogP contribution in [0.25, 0.3) is 0 Å². The first-order valence-corrected chi connectivity index (χ1v) is 10.7. The highest BCUT2D eigenvalue weighted by molar-refractivity contribution is 5.98. The van der Waals surface area contributed by atoms with Crippen molar-refractivity contribution in [2.45, 2.75) is 25.2 Å². The average Bonchev–Trinajstić information content (AvgIpc) is 2.84. The van der Waals surface area contributed by atoms with E-state index >= 15 is 0 Å². The zero-order valence-electron chi connectivity index (χ0n) is 18.3. The third kappa shape index (κ3) is 5.08. The Morgan fingerprint density at radius 1 is 1.15 bits per heavy atom. The van der Waals surface area contributed by atoms with Crippen molar-refractivity contribution in [2.75, 3.05) is 25.9 Å². The molecule has 1 aliphatic heterocycles. The number of nitrogen functional groups attached to an aromatic ring is 1. The summed E-state index contributed by atoms with van der Waals surface area (Å²) in [5, 5.41) is 11.3. The molecule has 33 heavy (non-hydrogen) atoms. The van der Waals surface area contributed by atoms with Crippen molar-refractivity contribution >= 4 is 17.5 Å². The number of benzene rings is 2. The van der Waals surface area contributed by atoms with Crippen LogP contribution in [0.15, 0.2) is 54.6 Å². The topological polar surface area (TPSA) is 124 Å². The summed E-state index contributed by atoms with van der Waals surface area (Å²) in [4.78, 5) is 34.1. The number of para-hydroxylation sites is 1. The van der Waals surface area contributed by atoms with E-state index in [1.54, 1.807) is 24.1 Å². The molecule has 9 nitrogen and oxygen atoms in total. The first kappa shape index (κ1) is 22.2. The van der Waals surface area contributed by atoms with E-state index in [2.05, 4.69) is 9.97 Å². The Labute approximate surface area is 191 Å². The summed E-state index contributed by atoms with van der Waals surface area (Å²) in [6.45, 7) is 0.987. The number of carbonyl (C=O) groups is 1. The molecule has 0 bridgehead atoms. The lowest BCUT2D eigenvalue weighted by atomic mass is 9.92. The number of likely N-dealkylation sites (tertiary alicyclic amines) is 1. The molecule has 2 heterocycles. The van der Waals surface area contributed by atoms with Gasteiger partial charge in [-0.3, -0.25) is 14.9 Å². The first-order chi connectivity index (χ1) is 15.9. The summed E-state index contributed by atoms with van der Waals surface area (Å²) >= 11 is 0. The largest absolute Gasteiger partial charge is 0.497 e. The van der Waals surface area contributed by atoms with Crippen LogP contribution in [-0.2, 0) is 6.42 Å². The highest BCUT2D eigenvalue weighted by atomic mass is 16.6. The first-order valence-electron chi connectivity index (χ1n) is 10.7. The second-order valence-corrected chi connectivity index (χ2v) is 8.01. The van der Waals surface area contributed by atoms with Gasteiger partial charge in [0, 0.05) is 37.2 Å². The van der Waals surface area contributed by atoms with Gasteiger partial charge in [0.15, 0.2) is 0 Å². The average molecular weight is 447 g/mol. The number of amides is 1. The van der Waals surface area contributed by atoms with Crippen molar-refractivity contribution in [2.24, 2.45) is 0 Å². The van der Waals surface area contributed by atoms with Crippen molar-refractivity contribution in [1.82, 2.24) is 14.9 Å². The lowest BCUT2D eigenvalue weighted by molar-refractivity contribution is -0.385. The number of anilines is 1. The van der Waals surface area contributed by atoms with E-state index in [0.717, 1.165) is 22.7 Å². The van der Waals surface area contributed by atoms with Crippen molar-refractivity contribution in [3.8, 4) is 5.75 Å². The van der Waals surface area contributed by atoms with Crippen LogP contribution in [0.3, 0.4) is 0 Å². The number of methoxy groups -OCH3 is 1. The van der Waals surface area contributed by atoms with Gasteiger partial charge in [-0.1, -0.05) is 24.3 Å². The minimum absolute atomic E-state index is 0.119. The maximum Gasteiger partial charge on any atom is 0.282 e. The fourth-order valence-corrected chi connectivity index (χ4v) is 4.15. The molecule has 170 valence electrons. The lowest BCUT2D eigenvalue weighted by Gasteiger charge is -2.31. The predicted molar refractivity (Wildman–Crippen MR) is 123 cm³/mol. The molecule has 1 fully saturated rings.